The lowest BCUT2D eigenvalue weighted by atomic mass is 9.92. The number of anilines is 4. The van der Waals surface area contributed by atoms with Gasteiger partial charge in [-0.3, -0.25) is 9.52 Å². The summed E-state index contributed by atoms with van der Waals surface area (Å²) in [6.07, 6.45) is 3.57. The standard InChI is InChI=1S/C57H65ClF3N7O7S3/c1-38-53(56(71)63-42-17-21-47(69)22-18-42)54(55(65(38)2)39-11-13-41(58)14-12-39)40-7-6-8-46(35-40)68-33-31-67(32-34-68)45-19-15-43(16-20-45)64-78(74,75)50-23-24-51(52(36-50)77(72,73)57(59,60)61)62-44(37-76-49-9-4-3-5-10-49)25-28-66-29-26-48(70)27-30-66/h3-16,19-20,23-24,35-36,42,44,47-48,62,64,69-70H,17-18,21-22,25-34,37H2,1-2H3,(H,63,71)/t42?,44-,47?/m1/s1. The molecule has 14 nitrogen and oxygen atoms in total. The molecule has 0 radical (unpaired) electrons. The third kappa shape index (κ3) is 13.3. The largest absolute Gasteiger partial charge is 0.501 e. The smallest absolute Gasteiger partial charge is 0.393 e. The summed E-state index contributed by atoms with van der Waals surface area (Å²) < 4.78 is 102. The Labute approximate surface area is 464 Å². The SMILES string of the molecule is Cc1c(C(=O)NC2CCC(O)CC2)c(-c2cccc(N3CCN(c4ccc(NS(=O)(=O)c5ccc(N[C@H](CCN6CCC(O)CC6)CSc6ccccc6)c(S(=O)(=O)C(F)(F)F)c5)cc4)CC3)c2)c(-c2ccc(Cl)cc2)n1C. The van der Waals surface area contributed by atoms with Crippen LogP contribution < -0.4 is 25.2 Å². The summed E-state index contributed by atoms with van der Waals surface area (Å²) in [6.45, 7) is 6.30. The number of nitrogens with zero attached hydrogens (tertiary/aromatic N) is 4. The molecule has 5 N–H and O–H groups in total. The van der Waals surface area contributed by atoms with E-state index in [4.69, 9.17) is 11.6 Å². The molecule has 6 aromatic rings. The van der Waals surface area contributed by atoms with Gasteiger partial charge in [0, 0.05) is 109 Å². The van der Waals surface area contributed by atoms with Crippen LogP contribution in [-0.4, -0.2) is 124 Å². The number of rotatable bonds is 18. The van der Waals surface area contributed by atoms with Gasteiger partial charge in [0.25, 0.3) is 25.8 Å². The van der Waals surface area contributed by atoms with Crippen LogP contribution in [0.5, 0.6) is 0 Å². The number of carbonyl (C=O) groups is 1. The van der Waals surface area contributed by atoms with Crippen LogP contribution in [0.15, 0.2) is 136 Å². The Morgan fingerprint density at radius 3 is 2.04 bits per heavy atom. The summed E-state index contributed by atoms with van der Waals surface area (Å²) in [5, 5.41) is 27.0. The zero-order valence-electron chi connectivity index (χ0n) is 43.4. The average Bonchev–Trinajstić information content (AvgIpc) is 3.92. The molecule has 1 aliphatic carbocycles. The summed E-state index contributed by atoms with van der Waals surface area (Å²) in [7, 11) is -8.67. The first kappa shape index (κ1) is 57.0. The molecular formula is C57H65ClF3N7O7S3. The molecule has 21 heteroatoms. The Hall–Kier alpha value is -5.74. The molecule has 2 saturated heterocycles. The first-order valence-electron chi connectivity index (χ1n) is 26.2. The number of likely N-dealkylation sites (tertiary alicyclic amines) is 1. The molecule has 1 amide bonds. The zero-order valence-corrected chi connectivity index (χ0v) is 46.6. The molecular weight excluding hydrogens is 1080 g/mol. The van der Waals surface area contributed by atoms with Crippen molar-refractivity contribution in [3.63, 3.8) is 0 Å². The van der Waals surface area contributed by atoms with Crippen molar-refractivity contribution in [3.8, 4) is 22.4 Å². The Balaban J connectivity index is 0.890. The Morgan fingerprint density at radius 1 is 0.744 bits per heavy atom. The van der Waals surface area contributed by atoms with Gasteiger partial charge in [-0.1, -0.05) is 54.1 Å². The van der Waals surface area contributed by atoms with Crippen LogP contribution in [0.1, 0.15) is 61.0 Å². The number of benzene rings is 5. The third-order valence-corrected chi connectivity index (χ3v) is 19.4. The van der Waals surface area contributed by atoms with Crippen LogP contribution in [0, 0.1) is 6.92 Å². The fourth-order valence-corrected chi connectivity index (χ4v) is 13.8. The van der Waals surface area contributed by atoms with Gasteiger partial charge in [0.1, 0.15) is 4.90 Å². The lowest BCUT2D eigenvalue weighted by Crippen LogP contribution is -2.46. The van der Waals surface area contributed by atoms with Crippen LogP contribution in [-0.2, 0) is 26.9 Å². The number of aliphatic hydroxyl groups excluding tert-OH is 2. The Bertz CT molecular complexity index is 3270. The maximum absolute atomic E-state index is 14.3. The molecule has 1 saturated carbocycles. The molecule has 3 heterocycles. The van der Waals surface area contributed by atoms with Crippen LogP contribution in [0.25, 0.3) is 22.4 Å². The van der Waals surface area contributed by atoms with Crippen molar-refractivity contribution in [2.24, 2.45) is 7.05 Å². The molecule has 0 unspecified atom stereocenters. The van der Waals surface area contributed by atoms with E-state index in [0.717, 1.165) is 56.5 Å². The highest BCUT2D eigenvalue weighted by atomic mass is 35.5. The molecule has 9 rings (SSSR count). The van der Waals surface area contributed by atoms with Crippen molar-refractivity contribution in [2.45, 2.75) is 96.4 Å². The second kappa shape index (κ2) is 24.3. The van der Waals surface area contributed by atoms with Crippen molar-refractivity contribution in [1.29, 1.82) is 0 Å². The number of alkyl halides is 3. The predicted molar refractivity (Wildman–Crippen MR) is 304 cm³/mol. The lowest BCUT2D eigenvalue weighted by Gasteiger charge is -2.37. The second-order valence-electron chi connectivity index (χ2n) is 20.3. The van der Waals surface area contributed by atoms with Crippen molar-refractivity contribution in [1.82, 2.24) is 14.8 Å². The molecule has 1 aromatic heterocycles. The highest BCUT2D eigenvalue weighted by molar-refractivity contribution is 7.99. The maximum atomic E-state index is 14.3. The third-order valence-electron chi connectivity index (χ3n) is 15.1. The summed E-state index contributed by atoms with van der Waals surface area (Å²) >= 11 is 7.77. The van der Waals surface area contributed by atoms with Crippen molar-refractivity contribution in [3.05, 3.63) is 138 Å². The van der Waals surface area contributed by atoms with Crippen molar-refractivity contribution in [2.75, 3.05) is 71.4 Å². The molecule has 1 atom stereocenters. The highest BCUT2D eigenvalue weighted by Crippen LogP contribution is 2.42. The molecule has 3 aliphatic rings. The Kier molecular flexibility index (Phi) is 17.8. The van der Waals surface area contributed by atoms with Gasteiger partial charge in [0.2, 0.25) is 0 Å². The second-order valence-corrected chi connectivity index (χ2v) is 25.5. The molecule has 78 heavy (non-hydrogen) atoms. The quantitative estimate of drug-likeness (QED) is 0.0516. The number of hydrogen-bond acceptors (Lipinski definition) is 12. The number of sulfonamides is 1. The number of amides is 1. The number of thioether (sulfide) groups is 1. The lowest BCUT2D eigenvalue weighted by molar-refractivity contribution is -0.0436. The van der Waals surface area contributed by atoms with E-state index < -0.39 is 41.2 Å². The molecule has 2 aliphatic heterocycles. The summed E-state index contributed by atoms with van der Waals surface area (Å²) in [5.41, 5.74) is 0.705. The summed E-state index contributed by atoms with van der Waals surface area (Å²) in [6, 6.07) is 33.9. The first-order chi connectivity index (χ1) is 37.2. The predicted octanol–water partition coefficient (Wildman–Crippen LogP) is 10.2. The minimum atomic E-state index is -6.03. The van der Waals surface area contributed by atoms with E-state index in [-0.39, 0.29) is 35.5 Å². The van der Waals surface area contributed by atoms with Gasteiger partial charge in [-0.2, -0.15) is 13.2 Å². The maximum Gasteiger partial charge on any atom is 0.501 e. The van der Waals surface area contributed by atoms with Crippen LogP contribution in [0.2, 0.25) is 5.02 Å². The summed E-state index contributed by atoms with van der Waals surface area (Å²) in [5.74, 6) is 0.207. The van der Waals surface area contributed by atoms with Crippen LogP contribution >= 0.6 is 23.4 Å². The number of hydrogen-bond donors (Lipinski definition) is 5. The molecule has 3 fully saturated rings. The average molecular weight is 1150 g/mol. The van der Waals surface area contributed by atoms with Crippen LogP contribution in [0.4, 0.5) is 35.9 Å². The van der Waals surface area contributed by atoms with E-state index in [1.165, 1.54) is 11.8 Å². The number of sulfone groups is 1. The highest BCUT2D eigenvalue weighted by Gasteiger charge is 2.48. The van der Waals surface area contributed by atoms with E-state index in [9.17, 15) is 45.0 Å². The number of aliphatic hydroxyl groups is 2. The Morgan fingerprint density at radius 2 is 1.38 bits per heavy atom. The number of aromatic nitrogens is 1. The van der Waals surface area contributed by atoms with Gasteiger partial charge in [-0.05, 0) is 142 Å². The number of halogens is 4. The fourth-order valence-electron chi connectivity index (χ4n) is 10.6. The molecule has 0 spiro atoms. The monoisotopic (exact) mass is 1150 g/mol. The van der Waals surface area contributed by atoms with Gasteiger partial charge in [0.15, 0.2) is 0 Å². The minimum Gasteiger partial charge on any atom is -0.393 e. The van der Waals surface area contributed by atoms with Gasteiger partial charge < -0.3 is 40.1 Å². The topological polar surface area (TPSA) is 177 Å². The van der Waals surface area contributed by atoms with Crippen LogP contribution in [0.3, 0.4) is 0 Å². The molecule has 0 bridgehead atoms. The number of nitrogens with one attached hydrogen (secondary N) is 3. The van der Waals surface area contributed by atoms with E-state index in [1.54, 1.807) is 24.3 Å². The summed E-state index contributed by atoms with van der Waals surface area (Å²) in [4.78, 5) is 19.9. The van der Waals surface area contributed by atoms with E-state index in [0.29, 0.717) is 113 Å². The molecule has 416 valence electrons. The minimum absolute atomic E-state index is 0.0409. The van der Waals surface area contributed by atoms with E-state index in [2.05, 4.69) is 36.1 Å². The van der Waals surface area contributed by atoms with E-state index >= 15 is 0 Å². The number of piperazine rings is 1. The van der Waals surface area contributed by atoms with Gasteiger partial charge >= 0.3 is 5.51 Å². The first-order valence-corrected chi connectivity index (χ1v) is 30.5. The van der Waals surface area contributed by atoms with Gasteiger partial charge in [0.05, 0.1) is 34.0 Å². The number of carbonyl (C=O) groups excluding carboxylic acids is 1. The molecule has 5 aromatic carbocycles. The number of piperidine rings is 1. The van der Waals surface area contributed by atoms with Crippen molar-refractivity contribution < 1.29 is 45.0 Å². The van der Waals surface area contributed by atoms with Gasteiger partial charge in [-0.25, -0.2) is 16.8 Å². The fraction of sp³-hybridized carbons (Fsp3) is 0.386. The zero-order chi connectivity index (χ0) is 55.4. The van der Waals surface area contributed by atoms with Crippen molar-refractivity contribution >= 4 is 71.9 Å². The van der Waals surface area contributed by atoms with Gasteiger partial charge in [-0.15, -0.1) is 11.8 Å². The van der Waals surface area contributed by atoms with E-state index in [1.807, 2.05) is 91.3 Å². The normalized spacial score (nSPS) is 18.4.